The predicted molar refractivity (Wildman–Crippen MR) is 106 cm³/mol. The van der Waals surface area contributed by atoms with Gasteiger partial charge in [-0.1, -0.05) is 68.3 Å². The van der Waals surface area contributed by atoms with Crippen LogP contribution in [0.1, 0.15) is 15.9 Å². The number of ketones is 1. The molecule has 0 spiro atoms. The van der Waals surface area contributed by atoms with Gasteiger partial charge >= 0.3 is 0 Å². The highest BCUT2D eigenvalue weighted by Crippen LogP contribution is 2.46. The first-order chi connectivity index (χ1) is 11.6. The van der Waals surface area contributed by atoms with Crippen LogP contribution in [0.25, 0.3) is 32.7 Å². The quantitative estimate of drug-likeness (QED) is 0.245. The van der Waals surface area contributed by atoms with Crippen LogP contribution in [0.4, 0.5) is 0 Å². The van der Waals surface area contributed by atoms with E-state index in [9.17, 15) is 4.79 Å². The van der Waals surface area contributed by atoms with Gasteiger partial charge in [0.1, 0.15) is 0 Å². The van der Waals surface area contributed by atoms with Crippen LogP contribution in [0.2, 0.25) is 0 Å². The largest absolute Gasteiger partial charge is 0.289 e. The first-order valence-electron chi connectivity index (χ1n) is 7.64. The molecule has 0 fully saturated rings. The Morgan fingerprint density at radius 3 is 2.42 bits per heavy atom. The van der Waals surface area contributed by atoms with Crippen molar-refractivity contribution in [2.24, 2.45) is 0 Å². The molecule has 5 rings (SSSR count). The van der Waals surface area contributed by atoms with Crippen molar-refractivity contribution in [3.63, 3.8) is 0 Å². The van der Waals surface area contributed by atoms with Crippen LogP contribution >= 0.6 is 31.9 Å². The van der Waals surface area contributed by atoms with Crippen LogP contribution in [0.3, 0.4) is 0 Å². The molecule has 0 bridgehead atoms. The standard InChI is InChI=1S/C21H10Br2O/c22-13-9-12-8-11-4-1-2-5-14(11)20-18(12)16(10-13)19-15(21(20)24)6-3-7-17(19)23/h1-10H. The number of hydrogen-bond acceptors (Lipinski definition) is 1. The van der Waals surface area contributed by atoms with Gasteiger partial charge in [0, 0.05) is 31.0 Å². The van der Waals surface area contributed by atoms with Gasteiger partial charge in [-0.15, -0.1) is 0 Å². The number of carbonyl (C=O) groups is 1. The van der Waals surface area contributed by atoms with Gasteiger partial charge in [-0.05, 0) is 46.0 Å². The van der Waals surface area contributed by atoms with Gasteiger partial charge in [0.25, 0.3) is 0 Å². The topological polar surface area (TPSA) is 17.1 Å². The number of rotatable bonds is 0. The molecule has 1 aliphatic rings. The summed E-state index contributed by atoms with van der Waals surface area (Å²) in [7, 11) is 0. The average Bonchev–Trinajstić information content (AvgIpc) is 2.57. The van der Waals surface area contributed by atoms with Gasteiger partial charge in [-0.25, -0.2) is 0 Å². The summed E-state index contributed by atoms with van der Waals surface area (Å²) < 4.78 is 1.97. The maximum absolute atomic E-state index is 13.3. The molecule has 0 aromatic heterocycles. The average molecular weight is 438 g/mol. The van der Waals surface area contributed by atoms with Crippen molar-refractivity contribution in [1.29, 1.82) is 0 Å². The van der Waals surface area contributed by atoms with Crippen LogP contribution in [-0.4, -0.2) is 5.78 Å². The molecular formula is C21H10Br2O. The molecule has 0 atom stereocenters. The van der Waals surface area contributed by atoms with Crippen molar-refractivity contribution in [2.75, 3.05) is 0 Å². The molecule has 24 heavy (non-hydrogen) atoms. The van der Waals surface area contributed by atoms with Crippen molar-refractivity contribution in [3.8, 4) is 11.1 Å². The zero-order valence-corrected chi connectivity index (χ0v) is 15.6. The normalized spacial score (nSPS) is 12.7. The molecule has 0 aliphatic heterocycles. The van der Waals surface area contributed by atoms with Crippen molar-refractivity contribution >= 4 is 59.2 Å². The Morgan fingerprint density at radius 2 is 1.54 bits per heavy atom. The number of hydrogen-bond donors (Lipinski definition) is 0. The minimum atomic E-state index is 0.0999. The van der Waals surface area contributed by atoms with E-state index in [2.05, 4.69) is 56.1 Å². The fraction of sp³-hybridized carbons (Fsp3) is 0. The first kappa shape index (κ1) is 14.4. The Balaban J connectivity index is 2.12. The lowest BCUT2D eigenvalue weighted by atomic mass is 9.80. The highest BCUT2D eigenvalue weighted by Gasteiger charge is 2.28. The third-order valence-electron chi connectivity index (χ3n) is 4.68. The SMILES string of the molecule is O=C1c2cccc(Br)c2-c2cc(Br)cc3cc4ccccc4c1c23. The van der Waals surface area contributed by atoms with Crippen LogP contribution in [-0.2, 0) is 0 Å². The Hall–Kier alpha value is -1.97. The summed E-state index contributed by atoms with van der Waals surface area (Å²) in [5.41, 5.74) is 3.66. The molecule has 0 radical (unpaired) electrons. The summed E-state index contributed by atoms with van der Waals surface area (Å²) >= 11 is 7.26. The molecule has 0 saturated heterocycles. The summed E-state index contributed by atoms with van der Waals surface area (Å²) in [5.74, 6) is 0.0999. The van der Waals surface area contributed by atoms with E-state index in [0.29, 0.717) is 0 Å². The number of carbonyl (C=O) groups excluding carboxylic acids is 1. The number of halogens is 2. The van der Waals surface area contributed by atoms with Gasteiger partial charge in [0.05, 0.1) is 0 Å². The van der Waals surface area contributed by atoms with Crippen molar-refractivity contribution < 1.29 is 4.79 Å². The molecule has 0 saturated carbocycles. The van der Waals surface area contributed by atoms with E-state index >= 15 is 0 Å². The first-order valence-corrected chi connectivity index (χ1v) is 9.22. The van der Waals surface area contributed by atoms with E-state index in [-0.39, 0.29) is 5.78 Å². The summed E-state index contributed by atoms with van der Waals surface area (Å²) in [5, 5.41) is 4.24. The molecule has 0 unspecified atom stereocenters. The van der Waals surface area contributed by atoms with Crippen LogP contribution in [0, 0.1) is 0 Å². The fourth-order valence-electron chi connectivity index (χ4n) is 3.73. The second-order valence-electron chi connectivity index (χ2n) is 6.02. The molecule has 1 nitrogen and oxygen atoms in total. The Kier molecular flexibility index (Phi) is 3.00. The Labute approximate surface area is 155 Å². The van der Waals surface area contributed by atoms with Gasteiger partial charge in [0.2, 0.25) is 0 Å². The van der Waals surface area contributed by atoms with Gasteiger partial charge in [0.15, 0.2) is 5.78 Å². The van der Waals surface area contributed by atoms with Gasteiger partial charge in [-0.2, -0.15) is 0 Å². The Morgan fingerprint density at radius 1 is 0.708 bits per heavy atom. The second-order valence-corrected chi connectivity index (χ2v) is 7.79. The molecule has 114 valence electrons. The van der Waals surface area contributed by atoms with E-state index in [4.69, 9.17) is 0 Å². The van der Waals surface area contributed by atoms with E-state index < -0.39 is 0 Å². The second kappa shape index (κ2) is 5.01. The van der Waals surface area contributed by atoms with Gasteiger partial charge < -0.3 is 0 Å². The molecular weight excluding hydrogens is 428 g/mol. The van der Waals surface area contributed by atoms with Crippen LogP contribution in [0.15, 0.2) is 69.6 Å². The molecule has 4 aromatic rings. The number of benzene rings is 4. The lowest BCUT2D eigenvalue weighted by Gasteiger charge is -2.23. The van der Waals surface area contributed by atoms with Crippen molar-refractivity contribution in [3.05, 3.63) is 80.7 Å². The van der Waals surface area contributed by atoms with E-state index in [1.807, 2.05) is 36.4 Å². The zero-order valence-electron chi connectivity index (χ0n) is 12.4. The minimum absolute atomic E-state index is 0.0999. The maximum Gasteiger partial charge on any atom is 0.194 e. The predicted octanol–water partition coefficient (Wildman–Crippen LogP) is 6.73. The maximum atomic E-state index is 13.3. The monoisotopic (exact) mass is 436 g/mol. The summed E-state index contributed by atoms with van der Waals surface area (Å²) in [4.78, 5) is 13.3. The molecule has 4 aromatic carbocycles. The minimum Gasteiger partial charge on any atom is -0.289 e. The highest BCUT2D eigenvalue weighted by molar-refractivity contribution is 9.10. The van der Waals surface area contributed by atoms with E-state index in [1.54, 1.807) is 0 Å². The van der Waals surface area contributed by atoms with Crippen LogP contribution < -0.4 is 0 Å². The van der Waals surface area contributed by atoms with Gasteiger partial charge in [-0.3, -0.25) is 4.79 Å². The smallest absolute Gasteiger partial charge is 0.194 e. The molecule has 1 aliphatic carbocycles. The zero-order chi connectivity index (χ0) is 16.4. The molecule has 0 N–H and O–H groups in total. The fourth-order valence-corrected chi connectivity index (χ4v) is 4.78. The molecule has 3 heteroatoms. The summed E-state index contributed by atoms with van der Waals surface area (Å²) in [6, 6.07) is 20.3. The lowest BCUT2D eigenvalue weighted by molar-refractivity contribution is 0.104. The van der Waals surface area contributed by atoms with Crippen LogP contribution in [0.5, 0.6) is 0 Å². The third kappa shape index (κ3) is 1.83. The summed E-state index contributed by atoms with van der Waals surface area (Å²) in [6.07, 6.45) is 0. The van der Waals surface area contributed by atoms with Crippen molar-refractivity contribution in [2.45, 2.75) is 0 Å². The molecule has 0 heterocycles. The molecule has 0 amide bonds. The number of fused-ring (bicyclic) bond motifs is 4. The summed E-state index contributed by atoms with van der Waals surface area (Å²) in [6.45, 7) is 0. The third-order valence-corrected chi connectivity index (χ3v) is 5.80. The van der Waals surface area contributed by atoms with E-state index in [0.717, 1.165) is 52.7 Å². The highest BCUT2D eigenvalue weighted by atomic mass is 79.9. The Bertz CT molecular complexity index is 1190. The van der Waals surface area contributed by atoms with Crippen molar-refractivity contribution in [1.82, 2.24) is 0 Å². The lowest BCUT2D eigenvalue weighted by Crippen LogP contribution is -2.11. The van der Waals surface area contributed by atoms with E-state index in [1.165, 1.54) is 0 Å².